The number of hydrogen-bond donors (Lipinski definition) is 2. The minimum absolute atomic E-state index is 0. The third-order valence-corrected chi connectivity index (χ3v) is 5.02. The Bertz CT molecular complexity index is 752. The highest BCUT2D eigenvalue weighted by atomic mass is 127. The first kappa shape index (κ1) is 25.4. The standard InChI is InChI=1S/C22H36N6.HI/c1-6-27(7-2)17-21-12-9-8-11-20(21)16-25-22(23-5)24-13-10-14-28-19(4)15-18(3)26-28;/h8-9,11-12,15H,6-7,10,13-14,16-17H2,1-5H3,(H2,23,24,25);1H. The molecule has 0 amide bonds. The Hall–Kier alpha value is -1.61. The lowest BCUT2D eigenvalue weighted by molar-refractivity contribution is 0.295. The van der Waals surface area contributed by atoms with Crippen LogP contribution in [0.5, 0.6) is 0 Å². The number of aliphatic imine (C=N–C) groups is 1. The lowest BCUT2D eigenvalue weighted by Gasteiger charge is -2.20. The summed E-state index contributed by atoms with van der Waals surface area (Å²) in [6.07, 6.45) is 1.00. The molecule has 0 spiro atoms. The average Bonchev–Trinajstić information content (AvgIpc) is 3.03. The highest BCUT2D eigenvalue weighted by Gasteiger charge is 2.07. The molecule has 2 rings (SSSR count). The van der Waals surface area contributed by atoms with Gasteiger partial charge < -0.3 is 10.6 Å². The van der Waals surface area contributed by atoms with Crippen molar-refractivity contribution in [2.45, 2.75) is 53.8 Å². The van der Waals surface area contributed by atoms with E-state index in [4.69, 9.17) is 0 Å². The Kier molecular flexibility index (Phi) is 11.9. The number of rotatable bonds is 10. The Labute approximate surface area is 193 Å². The highest BCUT2D eigenvalue weighted by molar-refractivity contribution is 14.0. The number of benzene rings is 1. The van der Waals surface area contributed by atoms with E-state index in [-0.39, 0.29) is 24.0 Å². The normalized spacial score (nSPS) is 11.4. The summed E-state index contributed by atoms with van der Waals surface area (Å²) in [7, 11) is 1.82. The summed E-state index contributed by atoms with van der Waals surface area (Å²) in [4.78, 5) is 6.79. The first-order chi connectivity index (χ1) is 13.6. The van der Waals surface area contributed by atoms with Gasteiger partial charge in [0.05, 0.1) is 5.69 Å². The van der Waals surface area contributed by atoms with Gasteiger partial charge in [0.1, 0.15) is 0 Å². The number of aromatic nitrogens is 2. The largest absolute Gasteiger partial charge is 0.356 e. The van der Waals surface area contributed by atoms with Crippen LogP contribution in [0.1, 0.15) is 42.8 Å². The van der Waals surface area contributed by atoms with E-state index in [0.717, 1.165) is 57.3 Å². The van der Waals surface area contributed by atoms with Gasteiger partial charge in [-0.2, -0.15) is 5.10 Å². The van der Waals surface area contributed by atoms with E-state index in [9.17, 15) is 0 Å². The van der Waals surface area contributed by atoms with Gasteiger partial charge in [0.25, 0.3) is 0 Å². The Morgan fingerprint density at radius 1 is 1.10 bits per heavy atom. The fourth-order valence-electron chi connectivity index (χ4n) is 3.31. The van der Waals surface area contributed by atoms with Gasteiger partial charge in [-0.3, -0.25) is 14.6 Å². The molecule has 1 aromatic heterocycles. The van der Waals surface area contributed by atoms with Crippen LogP contribution in [0, 0.1) is 13.8 Å². The zero-order valence-electron chi connectivity index (χ0n) is 18.5. The van der Waals surface area contributed by atoms with Gasteiger partial charge in [-0.15, -0.1) is 24.0 Å². The summed E-state index contributed by atoms with van der Waals surface area (Å²) < 4.78 is 2.07. The predicted molar refractivity (Wildman–Crippen MR) is 133 cm³/mol. The highest BCUT2D eigenvalue weighted by Crippen LogP contribution is 2.11. The number of guanidine groups is 1. The van der Waals surface area contributed by atoms with Crippen LogP contribution in [0.25, 0.3) is 0 Å². The van der Waals surface area contributed by atoms with Crippen LogP contribution in [-0.2, 0) is 19.6 Å². The summed E-state index contributed by atoms with van der Waals surface area (Å²) in [5, 5.41) is 11.4. The molecule has 0 radical (unpaired) electrons. The molecular weight excluding hydrogens is 475 g/mol. The van der Waals surface area contributed by atoms with Crippen LogP contribution in [0.4, 0.5) is 0 Å². The van der Waals surface area contributed by atoms with E-state index in [2.05, 4.69) is 81.4 Å². The van der Waals surface area contributed by atoms with E-state index in [0.29, 0.717) is 0 Å². The molecule has 7 heteroatoms. The maximum atomic E-state index is 4.51. The second-order valence-corrected chi connectivity index (χ2v) is 7.09. The fraction of sp³-hybridized carbons (Fsp3) is 0.545. The molecule has 0 saturated heterocycles. The molecule has 1 aromatic carbocycles. The van der Waals surface area contributed by atoms with Crippen molar-refractivity contribution in [2.24, 2.45) is 4.99 Å². The van der Waals surface area contributed by atoms with Crippen molar-refractivity contribution in [3.63, 3.8) is 0 Å². The Balaban J connectivity index is 0.00000420. The van der Waals surface area contributed by atoms with E-state index in [1.54, 1.807) is 0 Å². The molecule has 0 saturated carbocycles. The zero-order valence-corrected chi connectivity index (χ0v) is 20.9. The van der Waals surface area contributed by atoms with Crippen molar-refractivity contribution in [3.05, 3.63) is 52.8 Å². The molecule has 2 N–H and O–H groups in total. The molecule has 0 aliphatic rings. The van der Waals surface area contributed by atoms with Crippen molar-refractivity contribution >= 4 is 29.9 Å². The van der Waals surface area contributed by atoms with Crippen LogP contribution in [0.3, 0.4) is 0 Å². The number of aryl methyl sites for hydroxylation is 3. The SMILES string of the molecule is CCN(CC)Cc1ccccc1CNC(=NC)NCCCn1nc(C)cc1C.I. The quantitative estimate of drug-likeness (QED) is 0.221. The van der Waals surface area contributed by atoms with Gasteiger partial charge in [-0.05, 0) is 50.6 Å². The van der Waals surface area contributed by atoms with E-state index in [1.165, 1.54) is 16.8 Å². The van der Waals surface area contributed by atoms with Gasteiger partial charge in [0, 0.05) is 38.9 Å². The number of halogens is 1. The van der Waals surface area contributed by atoms with Crippen molar-refractivity contribution in [1.29, 1.82) is 0 Å². The topological polar surface area (TPSA) is 57.5 Å². The maximum absolute atomic E-state index is 4.51. The number of nitrogens with one attached hydrogen (secondary N) is 2. The lowest BCUT2D eigenvalue weighted by atomic mass is 10.1. The van der Waals surface area contributed by atoms with Gasteiger partial charge in [-0.1, -0.05) is 38.1 Å². The van der Waals surface area contributed by atoms with Crippen LogP contribution in [0.2, 0.25) is 0 Å². The monoisotopic (exact) mass is 512 g/mol. The van der Waals surface area contributed by atoms with Crippen LogP contribution in [-0.4, -0.2) is 47.3 Å². The molecular formula is C22H37IN6. The molecule has 0 unspecified atom stereocenters. The number of hydrogen-bond acceptors (Lipinski definition) is 3. The summed E-state index contributed by atoms with van der Waals surface area (Å²) in [6, 6.07) is 10.8. The molecule has 162 valence electrons. The molecule has 0 atom stereocenters. The smallest absolute Gasteiger partial charge is 0.191 e. The Morgan fingerprint density at radius 3 is 2.38 bits per heavy atom. The zero-order chi connectivity index (χ0) is 20.4. The third-order valence-electron chi connectivity index (χ3n) is 5.02. The summed E-state index contributed by atoms with van der Waals surface area (Å²) in [6.45, 7) is 14.2. The van der Waals surface area contributed by atoms with E-state index in [1.807, 2.05) is 14.0 Å². The van der Waals surface area contributed by atoms with Crippen molar-refractivity contribution < 1.29 is 0 Å². The number of nitrogens with zero attached hydrogens (tertiary/aromatic N) is 4. The minimum atomic E-state index is 0. The molecule has 2 aromatic rings. The van der Waals surface area contributed by atoms with Crippen molar-refractivity contribution in [1.82, 2.24) is 25.3 Å². The average molecular weight is 512 g/mol. The summed E-state index contributed by atoms with van der Waals surface area (Å²) >= 11 is 0. The Morgan fingerprint density at radius 2 is 1.79 bits per heavy atom. The fourth-order valence-corrected chi connectivity index (χ4v) is 3.31. The van der Waals surface area contributed by atoms with E-state index < -0.39 is 0 Å². The molecule has 29 heavy (non-hydrogen) atoms. The third kappa shape index (κ3) is 8.34. The molecule has 0 aliphatic carbocycles. The van der Waals surface area contributed by atoms with Crippen LogP contribution >= 0.6 is 24.0 Å². The van der Waals surface area contributed by atoms with Crippen LogP contribution in [0.15, 0.2) is 35.3 Å². The van der Waals surface area contributed by atoms with Crippen LogP contribution < -0.4 is 10.6 Å². The van der Waals surface area contributed by atoms with Crippen molar-refractivity contribution in [3.8, 4) is 0 Å². The molecule has 6 nitrogen and oxygen atoms in total. The summed E-state index contributed by atoms with van der Waals surface area (Å²) in [5.74, 6) is 0.839. The first-order valence-electron chi connectivity index (χ1n) is 10.3. The lowest BCUT2D eigenvalue weighted by Crippen LogP contribution is -2.38. The summed E-state index contributed by atoms with van der Waals surface area (Å²) in [5.41, 5.74) is 4.98. The maximum Gasteiger partial charge on any atom is 0.191 e. The molecule has 0 bridgehead atoms. The van der Waals surface area contributed by atoms with Gasteiger partial charge >= 0.3 is 0 Å². The van der Waals surface area contributed by atoms with Gasteiger partial charge in [0.2, 0.25) is 0 Å². The molecule has 0 aliphatic heterocycles. The minimum Gasteiger partial charge on any atom is -0.356 e. The predicted octanol–water partition coefficient (Wildman–Crippen LogP) is 3.72. The molecule has 0 fully saturated rings. The van der Waals surface area contributed by atoms with Crippen molar-refractivity contribution in [2.75, 3.05) is 26.7 Å². The second kappa shape index (κ2) is 13.6. The molecule has 1 heterocycles. The van der Waals surface area contributed by atoms with Gasteiger partial charge in [0.15, 0.2) is 5.96 Å². The van der Waals surface area contributed by atoms with Gasteiger partial charge in [-0.25, -0.2) is 0 Å². The second-order valence-electron chi connectivity index (χ2n) is 7.09. The first-order valence-corrected chi connectivity index (χ1v) is 10.3. The van der Waals surface area contributed by atoms with E-state index >= 15 is 0 Å².